The van der Waals surface area contributed by atoms with Gasteiger partial charge in [-0.25, -0.2) is 9.59 Å². The minimum absolute atomic E-state index is 0.646. The number of carbonyl (C=O) groups is 2. The van der Waals surface area contributed by atoms with Gasteiger partial charge in [-0.3, -0.25) is 0 Å². The predicted octanol–water partition coefficient (Wildman–Crippen LogP) is 1.96. The van der Waals surface area contributed by atoms with Crippen molar-refractivity contribution in [1.82, 2.24) is 0 Å². The standard InChI is InChI=1S/C6H6O6S/c7-3-1-13(5(9)10,6(11)12)2-4(3)8/h1-2,7-8H,(H,9,10)(H,11,12). The highest BCUT2D eigenvalue weighted by atomic mass is 32.3. The summed E-state index contributed by atoms with van der Waals surface area (Å²) in [5, 5.41) is 33.1. The van der Waals surface area contributed by atoms with Gasteiger partial charge >= 0.3 is 10.6 Å². The second kappa shape index (κ2) is 2.70. The van der Waals surface area contributed by atoms with E-state index in [0.29, 0.717) is 10.8 Å². The second-order valence-electron chi connectivity index (χ2n) is 2.25. The number of hydrogen-bond acceptors (Lipinski definition) is 4. The van der Waals surface area contributed by atoms with Gasteiger partial charge in [-0.2, -0.15) is 0 Å². The van der Waals surface area contributed by atoms with Crippen LogP contribution in [-0.4, -0.2) is 31.0 Å². The van der Waals surface area contributed by atoms with Crippen LogP contribution < -0.4 is 0 Å². The quantitative estimate of drug-likeness (QED) is 0.481. The maximum absolute atomic E-state index is 10.6. The zero-order chi connectivity index (χ0) is 10.2. The van der Waals surface area contributed by atoms with E-state index in [2.05, 4.69) is 0 Å². The predicted molar refractivity (Wildman–Crippen MR) is 45.1 cm³/mol. The summed E-state index contributed by atoms with van der Waals surface area (Å²) in [6.45, 7) is 0. The number of aliphatic hydroxyl groups excluding tert-OH is 2. The van der Waals surface area contributed by atoms with E-state index in [-0.39, 0.29) is 0 Å². The third-order valence-electron chi connectivity index (χ3n) is 1.44. The lowest BCUT2D eigenvalue weighted by atomic mass is 10.5. The summed E-state index contributed by atoms with van der Waals surface area (Å²) in [6, 6.07) is 0. The molecule has 0 amide bonds. The Bertz CT molecular complexity index is 307. The molecule has 7 heteroatoms. The van der Waals surface area contributed by atoms with Crippen molar-refractivity contribution < 1.29 is 30.0 Å². The molecule has 1 aliphatic heterocycles. The van der Waals surface area contributed by atoms with Crippen molar-refractivity contribution in [1.29, 1.82) is 0 Å². The smallest absolute Gasteiger partial charge is 0.364 e. The molecule has 6 nitrogen and oxygen atoms in total. The molecule has 1 heterocycles. The molecule has 72 valence electrons. The van der Waals surface area contributed by atoms with E-state index < -0.39 is 32.1 Å². The van der Waals surface area contributed by atoms with Crippen LogP contribution in [0.2, 0.25) is 0 Å². The van der Waals surface area contributed by atoms with E-state index in [9.17, 15) is 9.59 Å². The molecular formula is C6H6O6S. The van der Waals surface area contributed by atoms with Gasteiger partial charge in [-0.1, -0.05) is 0 Å². The second-order valence-corrected chi connectivity index (χ2v) is 4.84. The summed E-state index contributed by atoms with van der Waals surface area (Å²) in [5.74, 6) is -1.42. The maximum atomic E-state index is 10.6. The molecule has 0 aliphatic carbocycles. The lowest BCUT2D eigenvalue weighted by Crippen LogP contribution is -2.12. The van der Waals surface area contributed by atoms with Crippen LogP contribution in [-0.2, 0) is 0 Å². The molecule has 0 aromatic carbocycles. The molecule has 0 fully saturated rings. The SMILES string of the molecule is O=C(O)S1(C(=O)O)C=C(O)C(O)=C1. The zero-order valence-corrected chi connectivity index (χ0v) is 6.98. The van der Waals surface area contributed by atoms with E-state index in [1.807, 2.05) is 0 Å². The number of carboxylic acid groups (broad SMARTS) is 2. The van der Waals surface area contributed by atoms with Gasteiger partial charge < -0.3 is 20.4 Å². The third-order valence-corrected chi connectivity index (χ3v) is 3.78. The number of rotatable bonds is 0. The fourth-order valence-corrected chi connectivity index (χ4v) is 2.35. The summed E-state index contributed by atoms with van der Waals surface area (Å²) in [6.07, 6.45) is 0. The molecule has 0 atom stereocenters. The molecule has 0 radical (unpaired) electrons. The van der Waals surface area contributed by atoms with E-state index in [1.165, 1.54) is 0 Å². The van der Waals surface area contributed by atoms with E-state index in [0.717, 1.165) is 0 Å². The number of hydrogen-bond donors (Lipinski definition) is 4. The lowest BCUT2D eigenvalue weighted by molar-refractivity contribution is 0.216. The summed E-state index contributed by atoms with van der Waals surface area (Å²) in [4.78, 5) is 21.2. The maximum Gasteiger partial charge on any atom is 0.364 e. The first-order valence-corrected chi connectivity index (χ1v) is 4.77. The Hall–Kier alpha value is -1.63. The van der Waals surface area contributed by atoms with Crippen LogP contribution in [0.4, 0.5) is 9.59 Å². The average molecular weight is 206 g/mol. The Morgan fingerprint density at radius 1 is 1.00 bits per heavy atom. The Morgan fingerprint density at radius 3 is 1.46 bits per heavy atom. The molecule has 0 spiro atoms. The van der Waals surface area contributed by atoms with Gasteiger partial charge in [0.2, 0.25) is 0 Å². The van der Waals surface area contributed by atoms with Crippen molar-refractivity contribution in [2.75, 3.05) is 0 Å². The van der Waals surface area contributed by atoms with Gasteiger partial charge in [0, 0.05) is 20.8 Å². The van der Waals surface area contributed by atoms with Crippen LogP contribution in [0.1, 0.15) is 0 Å². The van der Waals surface area contributed by atoms with Gasteiger partial charge in [0.25, 0.3) is 0 Å². The van der Waals surface area contributed by atoms with Crippen LogP contribution in [0, 0.1) is 0 Å². The molecule has 1 rings (SSSR count). The van der Waals surface area contributed by atoms with Crippen LogP contribution in [0.15, 0.2) is 22.3 Å². The highest BCUT2D eigenvalue weighted by Crippen LogP contribution is 2.57. The molecule has 0 unspecified atom stereocenters. The molecule has 0 saturated heterocycles. The van der Waals surface area contributed by atoms with Crippen molar-refractivity contribution in [2.24, 2.45) is 0 Å². The lowest BCUT2D eigenvalue weighted by Gasteiger charge is -2.17. The van der Waals surface area contributed by atoms with Gasteiger partial charge in [-0.15, -0.1) is 0 Å². The minimum atomic E-state index is -3.28. The van der Waals surface area contributed by atoms with Crippen LogP contribution in [0.25, 0.3) is 0 Å². The Morgan fingerprint density at radius 2 is 1.31 bits per heavy atom. The summed E-state index contributed by atoms with van der Waals surface area (Å²) in [5.41, 5.74) is 0. The highest BCUT2D eigenvalue weighted by molar-refractivity contribution is 8.59. The van der Waals surface area contributed by atoms with Crippen LogP contribution in [0.5, 0.6) is 0 Å². The van der Waals surface area contributed by atoms with Crippen LogP contribution in [0.3, 0.4) is 0 Å². The summed E-state index contributed by atoms with van der Waals surface area (Å²) < 4.78 is 0. The third kappa shape index (κ3) is 1.22. The monoisotopic (exact) mass is 206 g/mol. The number of aliphatic hydroxyl groups is 2. The van der Waals surface area contributed by atoms with Crippen molar-refractivity contribution in [3.05, 3.63) is 22.3 Å². The topological polar surface area (TPSA) is 115 Å². The summed E-state index contributed by atoms with van der Waals surface area (Å²) in [7, 11) is -3.28. The highest BCUT2D eigenvalue weighted by Gasteiger charge is 2.42. The largest absolute Gasteiger partial charge is 0.504 e. The van der Waals surface area contributed by atoms with Crippen molar-refractivity contribution >= 4 is 20.6 Å². The Balaban J connectivity index is 3.27. The van der Waals surface area contributed by atoms with E-state index in [1.54, 1.807) is 0 Å². The average Bonchev–Trinajstić information content (AvgIpc) is 2.29. The normalized spacial score (nSPS) is 21.5. The molecule has 1 aliphatic rings. The van der Waals surface area contributed by atoms with Gasteiger partial charge in [-0.05, 0) is 0 Å². The minimum Gasteiger partial charge on any atom is -0.504 e. The summed E-state index contributed by atoms with van der Waals surface area (Å²) >= 11 is 0. The first kappa shape index (κ1) is 9.46. The first-order valence-electron chi connectivity index (χ1n) is 3.01. The molecule has 0 aromatic heterocycles. The Kier molecular flexibility index (Phi) is 1.96. The van der Waals surface area contributed by atoms with Gasteiger partial charge in [0.1, 0.15) is 0 Å². The molecule has 13 heavy (non-hydrogen) atoms. The van der Waals surface area contributed by atoms with Gasteiger partial charge in [0.05, 0.1) is 0 Å². The van der Waals surface area contributed by atoms with Crippen molar-refractivity contribution in [3.8, 4) is 0 Å². The van der Waals surface area contributed by atoms with Crippen molar-refractivity contribution in [3.63, 3.8) is 0 Å². The molecule has 0 saturated carbocycles. The molecule has 4 N–H and O–H groups in total. The fourth-order valence-electron chi connectivity index (χ4n) is 0.783. The van der Waals surface area contributed by atoms with E-state index >= 15 is 0 Å². The first-order chi connectivity index (χ1) is 5.90. The Labute approximate surface area is 73.7 Å². The van der Waals surface area contributed by atoms with Crippen molar-refractivity contribution in [2.45, 2.75) is 0 Å². The zero-order valence-electron chi connectivity index (χ0n) is 6.17. The van der Waals surface area contributed by atoms with E-state index in [4.69, 9.17) is 20.4 Å². The molecular weight excluding hydrogens is 200 g/mol. The molecule has 0 aromatic rings. The fraction of sp³-hybridized carbons (Fsp3) is 0. The van der Waals surface area contributed by atoms with Gasteiger partial charge in [0.15, 0.2) is 11.5 Å². The molecule has 0 bridgehead atoms. The van der Waals surface area contributed by atoms with Crippen LogP contribution >= 0.6 is 10.0 Å².